The molecule has 0 atom stereocenters. The Labute approximate surface area is 121 Å². The Hall–Kier alpha value is -2.15. The van der Waals surface area contributed by atoms with Crippen molar-refractivity contribution in [1.82, 2.24) is 0 Å². The van der Waals surface area contributed by atoms with Gasteiger partial charge in [0.1, 0.15) is 11.5 Å². The van der Waals surface area contributed by atoms with E-state index in [9.17, 15) is 17.2 Å². The molecule has 3 N–H and O–H groups in total. The van der Waals surface area contributed by atoms with Gasteiger partial charge < -0.3 is 5.73 Å². The number of nitrogens with one attached hydrogen (secondary N) is 1. The summed E-state index contributed by atoms with van der Waals surface area (Å²) >= 11 is 0. The van der Waals surface area contributed by atoms with Crippen LogP contribution in [0.5, 0.6) is 0 Å². The van der Waals surface area contributed by atoms with Crippen LogP contribution in [0.15, 0.2) is 35.2 Å². The van der Waals surface area contributed by atoms with Gasteiger partial charge in [0.05, 0.1) is 4.90 Å². The van der Waals surface area contributed by atoms with Crippen molar-refractivity contribution in [3.63, 3.8) is 0 Å². The molecule has 21 heavy (non-hydrogen) atoms. The van der Waals surface area contributed by atoms with Crippen molar-refractivity contribution >= 4 is 21.4 Å². The Morgan fingerprint density at radius 3 is 2.38 bits per heavy atom. The van der Waals surface area contributed by atoms with Crippen LogP contribution >= 0.6 is 0 Å². The highest BCUT2D eigenvalue weighted by atomic mass is 32.2. The third kappa shape index (κ3) is 3.13. The molecule has 0 aliphatic rings. The van der Waals surface area contributed by atoms with E-state index in [0.29, 0.717) is 5.56 Å². The number of sulfonamides is 1. The summed E-state index contributed by atoms with van der Waals surface area (Å²) in [5.74, 6) is -1.93. The van der Waals surface area contributed by atoms with E-state index in [1.54, 1.807) is 13.0 Å². The van der Waals surface area contributed by atoms with E-state index in [1.165, 1.54) is 25.1 Å². The van der Waals surface area contributed by atoms with Crippen molar-refractivity contribution in [3.8, 4) is 0 Å². The van der Waals surface area contributed by atoms with E-state index in [2.05, 4.69) is 0 Å². The van der Waals surface area contributed by atoms with Crippen LogP contribution in [0.4, 0.5) is 20.2 Å². The number of halogens is 2. The first-order valence-corrected chi connectivity index (χ1v) is 7.53. The van der Waals surface area contributed by atoms with Gasteiger partial charge in [0.15, 0.2) is 5.82 Å². The Kier molecular flexibility index (Phi) is 3.87. The van der Waals surface area contributed by atoms with Gasteiger partial charge in [-0.25, -0.2) is 17.2 Å². The topological polar surface area (TPSA) is 72.2 Å². The van der Waals surface area contributed by atoms with Crippen LogP contribution in [0.25, 0.3) is 0 Å². The molecule has 2 rings (SSSR count). The van der Waals surface area contributed by atoms with Gasteiger partial charge in [0.2, 0.25) is 0 Å². The first-order valence-electron chi connectivity index (χ1n) is 6.05. The number of nitrogens with two attached hydrogens (primary N) is 1. The summed E-state index contributed by atoms with van der Waals surface area (Å²) in [5, 5.41) is 0. The molecule has 0 aromatic heterocycles. The maximum absolute atomic E-state index is 13.9. The quantitative estimate of drug-likeness (QED) is 0.856. The molecular weight excluding hydrogens is 298 g/mol. The van der Waals surface area contributed by atoms with Crippen molar-refractivity contribution < 1.29 is 17.2 Å². The molecule has 0 aliphatic heterocycles. The fraction of sp³-hybridized carbons (Fsp3) is 0.143. The zero-order valence-electron chi connectivity index (χ0n) is 11.4. The van der Waals surface area contributed by atoms with Crippen LogP contribution in [-0.4, -0.2) is 8.42 Å². The SMILES string of the molecule is Cc1cc(N)cc(S(=O)(=O)Nc2c(F)ccc(C)c2F)c1. The third-order valence-corrected chi connectivity index (χ3v) is 4.23. The van der Waals surface area contributed by atoms with E-state index in [4.69, 9.17) is 5.73 Å². The summed E-state index contributed by atoms with van der Waals surface area (Å²) in [5.41, 5.74) is 5.91. The zero-order valence-corrected chi connectivity index (χ0v) is 12.3. The number of aryl methyl sites for hydroxylation is 2. The second-order valence-corrected chi connectivity index (χ2v) is 6.42. The van der Waals surface area contributed by atoms with Crippen LogP contribution in [0.2, 0.25) is 0 Å². The first-order chi connectivity index (χ1) is 9.70. The Bertz CT molecular complexity index is 785. The number of hydrogen-bond donors (Lipinski definition) is 2. The summed E-state index contributed by atoms with van der Waals surface area (Å²) in [7, 11) is -4.13. The molecule has 4 nitrogen and oxygen atoms in total. The molecule has 0 aliphatic carbocycles. The summed E-state index contributed by atoms with van der Waals surface area (Å²) in [6, 6.07) is 6.41. The summed E-state index contributed by atoms with van der Waals surface area (Å²) in [4.78, 5) is -0.152. The molecular formula is C14H14F2N2O2S. The standard InChI is InChI=1S/C14H14F2N2O2S/c1-8-5-10(17)7-11(6-8)21(19,20)18-14-12(15)4-3-9(2)13(14)16/h3-7,18H,17H2,1-2H3. The largest absolute Gasteiger partial charge is 0.399 e. The first kappa shape index (κ1) is 15.2. The highest BCUT2D eigenvalue weighted by molar-refractivity contribution is 7.92. The third-order valence-electron chi connectivity index (χ3n) is 2.90. The van der Waals surface area contributed by atoms with Crippen LogP contribution in [0.3, 0.4) is 0 Å². The van der Waals surface area contributed by atoms with Crippen LogP contribution in [0.1, 0.15) is 11.1 Å². The average molecular weight is 312 g/mol. The van der Waals surface area contributed by atoms with Crippen LogP contribution in [-0.2, 0) is 10.0 Å². The minimum atomic E-state index is -4.13. The van der Waals surface area contributed by atoms with Crippen molar-refractivity contribution in [3.05, 3.63) is 53.1 Å². The van der Waals surface area contributed by atoms with Gasteiger partial charge in [-0.3, -0.25) is 4.72 Å². The fourth-order valence-corrected chi connectivity index (χ4v) is 3.08. The normalized spacial score (nSPS) is 11.4. The minimum Gasteiger partial charge on any atom is -0.399 e. The van der Waals surface area contributed by atoms with Gasteiger partial charge in [-0.1, -0.05) is 6.07 Å². The maximum Gasteiger partial charge on any atom is 0.262 e. The Balaban J connectivity index is 2.50. The second kappa shape index (κ2) is 5.33. The summed E-state index contributed by atoms with van der Waals surface area (Å²) < 4.78 is 53.9. The van der Waals surface area contributed by atoms with Gasteiger partial charge >= 0.3 is 0 Å². The number of anilines is 2. The van der Waals surface area contributed by atoms with E-state index < -0.39 is 27.3 Å². The molecule has 2 aromatic rings. The van der Waals surface area contributed by atoms with E-state index >= 15 is 0 Å². The number of benzene rings is 2. The van der Waals surface area contributed by atoms with E-state index in [0.717, 1.165) is 6.07 Å². The molecule has 7 heteroatoms. The molecule has 0 spiro atoms. The zero-order chi connectivity index (χ0) is 15.8. The molecule has 0 bridgehead atoms. The van der Waals surface area contributed by atoms with Gasteiger partial charge in [-0.2, -0.15) is 0 Å². The highest BCUT2D eigenvalue weighted by Gasteiger charge is 2.20. The van der Waals surface area contributed by atoms with Crippen molar-refractivity contribution in [2.75, 3.05) is 10.5 Å². The molecule has 2 aromatic carbocycles. The number of nitrogen functional groups attached to an aromatic ring is 1. The Morgan fingerprint density at radius 2 is 1.76 bits per heavy atom. The van der Waals surface area contributed by atoms with Gasteiger partial charge in [-0.05, 0) is 49.2 Å². The van der Waals surface area contributed by atoms with E-state index in [-0.39, 0.29) is 16.1 Å². The number of rotatable bonds is 3. The number of hydrogen-bond acceptors (Lipinski definition) is 3. The van der Waals surface area contributed by atoms with Crippen LogP contribution in [0, 0.1) is 25.5 Å². The molecule has 0 saturated carbocycles. The van der Waals surface area contributed by atoms with Gasteiger partial charge in [-0.15, -0.1) is 0 Å². The Morgan fingerprint density at radius 1 is 1.10 bits per heavy atom. The van der Waals surface area contributed by atoms with Gasteiger partial charge in [0, 0.05) is 5.69 Å². The fourth-order valence-electron chi connectivity index (χ4n) is 1.88. The average Bonchev–Trinajstić information content (AvgIpc) is 2.38. The van der Waals surface area contributed by atoms with Gasteiger partial charge in [0.25, 0.3) is 10.0 Å². The lowest BCUT2D eigenvalue weighted by Gasteiger charge is -2.12. The molecule has 0 heterocycles. The summed E-state index contributed by atoms with van der Waals surface area (Å²) in [6.45, 7) is 3.08. The molecule has 0 radical (unpaired) electrons. The smallest absolute Gasteiger partial charge is 0.262 e. The predicted octanol–water partition coefficient (Wildman–Crippen LogP) is 2.96. The molecule has 0 unspecified atom stereocenters. The van der Waals surface area contributed by atoms with Crippen molar-refractivity contribution in [1.29, 1.82) is 0 Å². The molecule has 0 fully saturated rings. The van der Waals surface area contributed by atoms with Crippen molar-refractivity contribution in [2.45, 2.75) is 18.7 Å². The van der Waals surface area contributed by atoms with E-state index in [1.807, 2.05) is 4.72 Å². The van der Waals surface area contributed by atoms with Crippen LogP contribution < -0.4 is 10.5 Å². The lowest BCUT2D eigenvalue weighted by Crippen LogP contribution is -2.16. The minimum absolute atomic E-state index is 0.137. The van der Waals surface area contributed by atoms with Crippen molar-refractivity contribution in [2.24, 2.45) is 0 Å². The lowest BCUT2D eigenvalue weighted by atomic mass is 10.2. The summed E-state index contributed by atoms with van der Waals surface area (Å²) in [6.07, 6.45) is 0. The lowest BCUT2D eigenvalue weighted by molar-refractivity contribution is 0.579. The highest BCUT2D eigenvalue weighted by Crippen LogP contribution is 2.25. The second-order valence-electron chi connectivity index (χ2n) is 4.74. The molecule has 0 amide bonds. The predicted molar refractivity (Wildman–Crippen MR) is 77.5 cm³/mol. The monoisotopic (exact) mass is 312 g/mol. The maximum atomic E-state index is 13.9. The molecule has 0 saturated heterocycles. The molecule has 112 valence electrons.